The Balaban J connectivity index is 2.35. The Kier molecular flexibility index (Phi) is 3.89. The molecular weight excluding hydrogens is 275 g/mol. The van der Waals surface area contributed by atoms with Crippen molar-refractivity contribution in [3.05, 3.63) is 29.3 Å². The van der Waals surface area contributed by atoms with Gasteiger partial charge < -0.3 is 15.2 Å². The fourth-order valence-electron chi connectivity index (χ4n) is 2.37. The van der Waals surface area contributed by atoms with E-state index in [-0.39, 0.29) is 24.3 Å². The predicted molar refractivity (Wildman–Crippen MR) is 64.5 cm³/mol. The summed E-state index contributed by atoms with van der Waals surface area (Å²) < 4.78 is 44.0. The number of carboxylic acid groups (broad SMARTS) is 1. The number of methoxy groups -OCH3 is 1. The van der Waals surface area contributed by atoms with E-state index >= 15 is 0 Å². The molecule has 0 bridgehead atoms. The molecule has 1 aromatic rings. The van der Waals surface area contributed by atoms with E-state index in [1.807, 2.05) is 0 Å². The van der Waals surface area contributed by atoms with Gasteiger partial charge in [-0.2, -0.15) is 13.2 Å². The van der Waals surface area contributed by atoms with E-state index in [0.717, 1.165) is 6.07 Å². The average Bonchev–Trinajstić information content (AvgIpc) is 2.86. The van der Waals surface area contributed by atoms with Gasteiger partial charge in [-0.25, -0.2) is 0 Å². The monoisotopic (exact) mass is 289 g/mol. The van der Waals surface area contributed by atoms with Crippen LogP contribution in [0.5, 0.6) is 5.75 Å². The molecule has 20 heavy (non-hydrogen) atoms. The highest BCUT2D eigenvalue weighted by Crippen LogP contribution is 2.39. The van der Waals surface area contributed by atoms with Gasteiger partial charge >= 0.3 is 12.1 Å². The number of aliphatic carboxylic acids is 1. The summed E-state index contributed by atoms with van der Waals surface area (Å²) >= 11 is 0. The Morgan fingerprint density at radius 3 is 2.65 bits per heavy atom. The van der Waals surface area contributed by atoms with E-state index in [1.54, 1.807) is 0 Å². The molecule has 1 aliphatic heterocycles. The number of benzene rings is 1. The highest BCUT2D eigenvalue weighted by atomic mass is 19.4. The third-order valence-corrected chi connectivity index (χ3v) is 3.42. The average molecular weight is 289 g/mol. The number of nitrogens with one attached hydrogen (secondary N) is 1. The summed E-state index contributed by atoms with van der Waals surface area (Å²) in [5.41, 5.74) is -0.734. The Labute approximate surface area is 113 Å². The van der Waals surface area contributed by atoms with Crippen molar-refractivity contribution in [3.8, 4) is 5.75 Å². The van der Waals surface area contributed by atoms with Crippen molar-refractivity contribution in [2.75, 3.05) is 13.7 Å². The van der Waals surface area contributed by atoms with Gasteiger partial charge in [0.15, 0.2) is 0 Å². The first-order valence-electron chi connectivity index (χ1n) is 6.04. The van der Waals surface area contributed by atoms with Gasteiger partial charge in [0.05, 0.1) is 18.6 Å². The number of hydrogen-bond acceptors (Lipinski definition) is 3. The van der Waals surface area contributed by atoms with Crippen molar-refractivity contribution in [3.63, 3.8) is 0 Å². The van der Waals surface area contributed by atoms with E-state index in [1.165, 1.54) is 19.2 Å². The highest BCUT2D eigenvalue weighted by molar-refractivity contribution is 5.70. The molecule has 110 valence electrons. The Morgan fingerprint density at radius 2 is 2.15 bits per heavy atom. The summed E-state index contributed by atoms with van der Waals surface area (Å²) in [4.78, 5) is 10.9. The molecule has 0 radical (unpaired) electrons. The molecule has 2 N–H and O–H groups in total. The van der Waals surface area contributed by atoms with Crippen LogP contribution in [0.4, 0.5) is 13.2 Å². The van der Waals surface area contributed by atoms with Crippen molar-refractivity contribution >= 4 is 5.97 Å². The van der Waals surface area contributed by atoms with Crippen LogP contribution in [0.15, 0.2) is 18.2 Å². The molecule has 1 aliphatic rings. The molecule has 0 saturated carbocycles. The minimum Gasteiger partial charge on any atom is -0.497 e. The molecule has 1 aromatic carbocycles. The van der Waals surface area contributed by atoms with Crippen molar-refractivity contribution in [1.29, 1.82) is 0 Å². The molecular formula is C13H14F3NO3. The lowest BCUT2D eigenvalue weighted by molar-refractivity contribution is -0.141. The first-order chi connectivity index (χ1) is 9.32. The first kappa shape index (κ1) is 14.6. The molecule has 2 atom stereocenters. The molecule has 0 spiro atoms. The number of halogens is 3. The van der Waals surface area contributed by atoms with Gasteiger partial charge in [0.2, 0.25) is 0 Å². The first-order valence-corrected chi connectivity index (χ1v) is 6.04. The van der Waals surface area contributed by atoms with Crippen molar-refractivity contribution in [2.45, 2.75) is 18.6 Å². The second kappa shape index (κ2) is 5.32. The standard InChI is InChI=1S/C13H14F3NO3/c1-20-8-2-3-9(10(5-8)13(14,15)16)11-4-7(6-17-11)12(18)19/h2-3,5,7,11,17H,4,6H2,1H3,(H,18,19). The van der Waals surface area contributed by atoms with Gasteiger partial charge in [-0.3, -0.25) is 4.79 Å². The SMILES string of the molecule is COc1ccc(C2CC(C(=O)O)CN2)c(C(F)(F)F)c1. The second-order valence-electron chi connectivity index (χ2n) is 4.68. The third kappa shape index (κ3) is 2.87. The van der Waals surface area contributed by atoms with E-state index < -0.39 is 29.7 Å². The molecule has 1 fully saturated rings. The number of alkyl halides is 3. The number of carboxylic acids is 1. The van der Waals surface area contributed by atoms with Crippen molar-refractivity contribution in [1.82, 2.24) is 5.32 Å². The van der Waals surface area contributed by atoms with Gasteiger partial charge in [0.25, 0.3) is 0 Å². The number of rotatable bonds is 3. The maximum absolute atomic E-state index is 13.1. The smallest absolute Gasteiger partial charge is 0.416 e. The van der Waals surface area contributed by atoms with Gasteiger partial charge in [-0.15, -0.1) is 0 Å². The van der Waals surface area contributed by atoms with E-state index in [9.17, 15) is 18.0 Å². The topological polar surface area (TPSA) is 58.6 Å². The highest BCUT2D eigenvalue weighted by Gasteiger charge is 2.38. The lowest BCUT2D eigenvalue weighted by atomic mass is 9.95. The zero-order valence-electron chi connectivity index (χ0n) is 10.7. The van der Waals surface area contributed by atoms with Crippen LogP contribution in [0, 0.1) is 5.92 Å². The van der Waals surface area contributed by atoms with Crippen LogP contribution in [0.25, 0.3) is 0 Å². The molecule has 1 saturated heterocycles. The molecule has 0 aromatic heterocycles. The van der Waals surface area contributed by atoms with Crippen LogP contribution < -0.4 is 10.1 Å². The van der Waals surface area contributed by atoms with Crippen LogP contribution in [0.1, 0.15) is 23.6 Å². The number of carbonyl (C=O) groups is 1. The van der Waals surface area contributed by atoms with Crippen LogP contribution in [-0.2, 0) is 11.0 Å². The molecule has 0 amide bonds. The lowest BCUT2D eigenvalue weighted by Gasteiger charge is -2.18. The van der Waals surface area contributed by atoms with Gasteiger partial charge in [-0.05, 0) is 24.1 Å². The van der Waals surface area contributed by atoms with Crippen LogP contribution in [0.2, 0.25) is 0 Å². The van der Waals surface area contributed by atoms with Gasteiger partial charge in [0, 0.05) is 12.6 Å². The minimum absolute atomic E-state index is 0.0575. The molecule has 2 rings (SSSR count). The summed E-state index contributed by atoms with van der Waals surface area (Å²) in [6.07, 6.45) is -4.36. The van der Waals surface area contributed by atoms with Crippen molar-refractivity contribution < 1.29 is 27.8 Å². The Bertz CT molecular complexity index is 516. The fourth-order valence-corrected chi connectivity index (χ4v) is 2.37. The van der Waals surface area contributed by atoms with E-state index in [2.05, 4.69) is 5.32 Å². The van der Waals surface area contributed by atoms with Crippen LogP contribution in [0.3, 0.4) is 0 Å². The number of ether oxygens (including phenoxy) is 1. The maximum Gasteiger partial charge on any atom is 0.416 e. The van der Waals surface area contributed by atoms with Crippen LogP contribution in [-0.4, -0.2) is 24.7 Å². The Morgan fingerprint density at radius 1 is 1.45 bits per heavy atom. The second-order valence-corrected chi connectivity index (χ2v) is 4.68. The molecule has 7 heteroatoms. The molecule has 0 aliphatic carbocycles. The van der Waals surface area contributed by atoms with Crippen LogP contribution >= 0.6 is 0 Å². The zero-order valence-corrected chi connectivity index (χ0v) is 10.7. The predicted octanol–water partition coefficient (Wildman–Crippen LogP) is 2.45. The fraction of sp³-hybridized carbons (Fsp3) is 0.462. The number of hydrogen-bond donors (Lipinski definition) is 2. The normalized spacial score (nSPS) is 22.8. The lowest BCUT2D eigenvalue weighted by Crippen LogP contribution is -2.19. The summed E-state index contributed by atoms with van der Waals surface area (Å²) in [5, 5.41) is 11.7. The quantitative estimate of drug-likeness (QED) is 0.897. The van der Waals surface area contributed by atoms with Gasteiger partial charge in [0.1, 0.15) is 5.75 Å². The Hall–Kier alpha value is -1.76. The van der Waals surface area contributed by atoms with Gasteiger partial charge in [-0.1, -0.05) is 6.07 Å². The van der Waals surface area contributed by atoms with Crippen molar-refractivity contribution in [2.24, 2.45) is 5.92 Å². The molecule has 4 nitrogen and oxygen atoms in total. The molecule has 2 unspecified atom stereocenters. The zero-order chi connectivity index (χ0) is 14.9. The maximum atomic E-state index is 13.1. The van der Waals surface area contributed by atoms with E-state index in [4.69, 9.17) is 9.84 Å². The summed E-state index contributed by atoms with van der Waals surface area (Å²) in [6, 6.07) is 3.10. The molecule has 1 heterocycles. The summed E-state index contributed by atoms with van der Waals surface area (Å²) in [6.45, 7) is 0.170. The minimum atomic E-state index is -4.51. The third-order valence-electron chi connectivity index (χ3n) is 3.42. The summed E-state index contributed by atoms with van der Waals surface area (Å²) in [5.74, 6) is -1.54. The van der Waals surface area contributed by atoms with E-state index in [0.29, 0.717) is 0 Å². The largest absolute Gasteiger partial charge is 0.497 e. The summed E-state index contributed by atoms with van der Waals surface area (Å²) in [7, 11) is 1.30.